The van der Waals surface area contributed by atoms with Crippen LogP contribution in [0.25, 0.3) is 0 Å². The van der Waals surface area contributed by atoms with Crippen molar-refractivity contribution < 1.29 is 9.13 Å². The monoisotopic (exact) mass is 367 g/mol. The molecule has 1 aromatic rings. The minimum Gasteiger partial charge on any atom is -0.380 e. The summed E-state index contributed by atoms with van der Waals surface area (Å²) in [6, 6.07) is 5.59. The first-order chi connectivity index (χ1) is 12.2. The van der Waals surface area contributed by atoms with Gasteiger partial charge in [0.1, 0.15) is 5.82 Å². The summed E-state index contributed by atoms with van der Waals surface area (Å²) >= 11 is 2.05. The Kier molecular flexibility index (Phi) is 8.55. The molecule has 6 heteroatoms. The molecule has 0 saturated heterocycles. The van der Waals surface area contributed by atoms with Gasteiger partial charge in [-0.05, 0) is 49.6 Å². The smallest absolute Gasteiger partial charge is 0.191 e. The summed E-state index contributed by atoms with van der Waals surface area (Å²) in [4.78, 5) is 4.67. The highest BCUT2D eigenvalue weighted by molar-refractivity contribution is 7.99. The summed E-state index contributed by atoms with van der Waals surface area (Å²) in [5.74, 6) is 1.79. The summed E-state index contributed by atoms with van der Waals surface area (Å²) in [5.41, 5.74) is 1.56. The molecule has 0 amide bonds. The van der Waals surface area contributed by atoms with Gasteiger partial charge < -0.3 is 15.4 Å². The molecule has 2 unspecified atom stereocenters. The zero-order chi connectivity index (χ0) is 18.1. The molecular formula is C19H30FN3OS. The Morgan fingerprint density at radius 2 is 2.20 bits per heavy atom. The van der Waals surface area contributed by atoms with E-state index in [-0.39, 0.29) is 12.4 Å². The van der Waals surface area contributed by atoms with Crippen molar-refractivity contribution >= 4 is 17.7 Å². The van der Waals surface area contributed by atoms with E-state index in [2.05, 4.69) is 41.2 Å². The van der Waals surface area contributed by atoms with Crippen molar-refractivity contribution in [3.63, 3.8) is 0 Å². The average Bonchev–Trinajstić information content (AvgIpc) is 3.03. The summed E-state index contributed by atoms with van der Waals surface area (Å²) in [7, 11) is 1.57. The summed E-state index contributed by atoms with van der Waals surface area (Å²) < 4.78 is 18.7. The molecule has 2 N–H and O–H groups in total. The molecule has 2 atom stereocenters. The number of rotatable bonds is 8. The Balaban J connectivity index is 1.96. The second-order valence-electron chi connectivity index (χ2n) is 6.29. The second kappa shape index (κ2) is 10.7. The van der Waals surface area contributed by atoms with Gasteiger partial charge in [0.15, 0.2) is 5.96 Å². The van der Waals surface area contributed by atoms with E-state index in [4.69, 9.17) is 4.74 Å². The molecule has 140 valence electrons. The van der Waals surface area contributed by atoms with Crippen molar-refractivity contribution in [2.45, 2.75) is 57.6 Å². The first-order valence-corrected chi connectivity index (χ1v) is 10.1. The molecule has 0 aromatic heterocycles. The van der Waals surface area contributed by atoms with Gasteiger partial charge in [0.2, 0.25) is 0 Å². The van der Waals surface area contributed by atoms with Crippen LogP contribution >= 0.6 is 11.8 Å². The van der Waals surface area contributed by atoms with Crippen LogP contribution in [0.2, 0.25) is 0 Å². The van der Waals surface area contributed by atoms with Gasteiger partial charge in [0.05, 0.1) is 13.2 Å². The SMILES string of the molecule is CCNC(=NCc1ccc(F)c(COC)c1)NC1CCC(SCC)C1. The third kappa shape index (κ3) is 6.51. The molecule has 0 bridgehead atoms. The number of ether oxygens (including phenoxy) is 1. The topological polar surface area (TPSA) is 45.7 Å². The number of nitrogens with zero attached hydrogens (tertiary/aromatic N) is 1. The molecule has 0 spiro atoms. The zero-order valence-electron chi connectivity index (χ0n) is 15.5. The number of halogens is 1. The Morgan fingerprint density at radius 3 is 2.92 bits per heavy atom. The highest BCUT2D eigenvalue weighted by Gasteiger charge is 2.25. The predicted molar refractivity (Wildman–Crippen MR) is 105 cm³/mol. The number of aliphatic imine (C=N–C) groups is 1. The van der Waals surface area contributed by atoms with Crippen LogP contribution in [0, 0.1) is 5.82 Å². The fourth-order valence-corrected chi connectivity index (χ4v) is 4.28. The lowest BCUT2D eigenvalue weighted by molar-refractivity contribution is 0.181. The number of hydrogen-bond acceptors (Lipinski definition) is 3. The predicted octanol–water partition coefficient (Wildman–Crippen LogP) is 3.70. The molecule has 4 nitrogen and oxygen atoms in total. The maximum atomic E-state index is 13.7. The Labute approximate surface area is 155 Å². The van der Waals surface area contributed by atoms with E-state index in [0.717, 1.165) is 23.3 Å². The quantitative estimate of drug-likeness (QED) is 0.543. The maximum absolute atomic E-state index is 13.7. The van der Waals surface area contributed by atoms with Crippen LogP contribution in [0.5, 0.6) is 0 Å². The van der Waals surface area contributed by atoms with Crippen LogP contribution in [-0.2, 0) is 17.9 Å². The van der Waals surface area contributed by atoms with Crippen LogP contribution in [0.15, 0.2) is 23.2 Å². The summed E-state index contributed by atoms with van der Waals surface area (Å²) in [6.45, 7) is 5.91. The number of guanidine groups is 1. The third-order valence-electron chi connectivity index (χ3n) is 4.30. The van der Waals surface area contributed by atoms with E-state index in [1.807, 2.05) is 6.07 Å². The molecule has 0 radical (unpaired) electrons. The first-order valence-electron chi connectivity index (χ1n) is 9.08. The van der Waals surface area contributed by atoms with Crippen molar-refractivity contribution in [2.75, 3.05) is 19.4 Å². The lowest BCUT2D eigenvalue weighted by Gasteiger charge is -2.17. The van der Waals surface area contributed by atoms with Gasteiger partial charge in [-0.15, -0.1) is 0 Å². The van der Waals surface area contributed by atoms with Crippen LogP contribution < -0.4 is 10.6 Å². The van der Waals surface area contributed by atoms with Crippen LogP contribution in [-0.4, -0.2) is 36.7 Å². The van der Waals surface area contributed by atoms with Crippen molar-refractivity contribution in [1.29, 1.82) is 0 Å². The molecular weight excluding hydrogens is 337 g/mol. The molecule has 25 heavy (non-hydrogen) atoms. The van der Waals surface area contributed by atoms with Crippen LogP contribution in [0.3, 0.4) is 0 Å². The van der Waals surface area contributed by atoms with Crippen molar-refractivity contribution in [3.05, 3.63) is 35.1 Å². The molecule has 0 heterocycles. The van der Waals surface area contributed by atoms with Gasteiger partial charge in [-0.3, -0.25) is 0 Å². The molecule has 0 aliphatic heterocycles. The van der Waals surface area contributed by atoms with E-state index >= 15 is 0 Å². The fourth-order valence-electron chi connectivity index (χ4n) is 3.13. The second-order valence-corrected chi connectivity index (χ2v) is 7.86. The highest BCUT2D eigenvalue weighted by Crippen LogP contribution is 2.29. The maximum Gasteiger partial charge on any atom is 0.191 e. The number of hydrogen-bond donors (Lipinski definition) is 2. The van der Waals surface area contributed by atoms with Gasteiger partial charge in [0, 0.05) is 30.5 Å². The van der Waals surface area contributed by atoms with Gasteiger partial charge in [-0.1, -0.05) is 13.0 Å². The molecule has 1 saturated carbocycles. The van der Waals surface area contributed by atoms with E-state index in [9.17, 15) is 4.39 Å². The molecule has 1 aliphatic carbocycles. The minimum absolute atomic E-state index is 0.231. The molecule has 2 rings (SSSR count). The summed E-state index contributed by atoms with van der Waals surface area (Å²) in [6.07, 6.45) is 3.65. The minimum atomic E-state index is -0.231. The van der Waals surface area contributed by atoms with Gasteiger partial charge >= 0.3 is 0 Å². The molecule has 1 fully saturated rings. The standard InChI is InChI=1S/C19H30FN3OS/c1-4-21-19(23-16-7-8-17(11-16)25-5-2)22-12-14-6-9-18(20)15(10-14)13-24-3/h6,9-10,16-17H,4-5,7-8,11-13H2,1-3H3,(H2,21,22,23). The Bertz CT molecular complexity index is 568. The van der Waals surface area contributed by atoms with E-state index in [0.29, 0.717) is 18.2 Å². The van der Waals surface area contributed by atoms with Gasteiger partial charge in [-0.25, -0.2) is 9.38 Å². The largest absolute Gasteiger partial charge is 0.380 e. The Morgan fingerprint density at radius 1 is 1.36 bits per heavy atom. The van der Waals surface area contributed by atoms with Crippen molar-refractivity contribution in [1.82, 2.24) is 10.6 Å². The van der Waals surface area contributed by atoms with Gasteiger partial charge in [-0.2, -0.15) is 11.8 Å². The number of benzene rings is 1. The van der Waals surface area contributed by atoms with Crippen molar-refractivity contribution in [3.8, 4) is 0 Å². The lowest BCUT2D eigenvalue weighted by Crippen LogP contribution is -2.42. The number of methoxy groups -OCH3 is 1. The average molecular weight is 368 g/mol. The highest BCUT2D eigenvalue weighted by atomic mass is 32.2. The molecule has 1 aliphatic rings. The van der Waals surface area contributed by atoms with Crippen LogP contribution in [0.4, 0.5) is 4.39 Å². The van der Waals surface area contributed by atoms with Crippen LogP contribution in [0.1, 0.15) is 44.2 Å². The third-order valence-corrected chi connectivity index (χ3v) is 5.53. The Hall–Kier alpha value is -1.27. The number of thioether (sulfide) groups is 1. The number of nitrogens with one attached hydrogen (secondary N) is 2. The van der Waals surface area contributed by atoms with Crippen molar-refractivity contribution in [2.24, 2.45) is 4.99 Å². The molecule has 1 aromatic carbocycles. The zero-order valence-corrected chi connectivity index (χ0v) is 16.3. The summed E-state index contributed by atoms with van der Waals surface area (Å²) in [5, 5.41) is 7.63. The first kappa shape index (κ1) is 20.0. The fraction of sp³-hybridized carbons (Fsp3) is 0.632. The van der Waals surface area contributed by atoms with E-state index < -0.39 is 0 Å². The lowest BCUT2D eigenvalue weighted by atomic mass is 10.1. The normalized spacial score (nSPS) is 20.7. The van der Waals surface area contributed by atoms with Gasteiger partial charge in [0.25, 0.3) is 0 Å². The van der Waals surface area contributed by atoms with E-state index in [1.165, 1.54) is 31.1 Å². The van der Waals surface area contributed by atoms with E-state index in [1.54, 1.807) is 13.2 Å².